The lowest BCUT2D eigenvalue weighted by atomic mass is 10.2. The number of thioether (sulfide) groups is 1. The summed E-state index contributed by atoms with van der Waals surface area (Å²) in [6.45, 7) is 4.27. The molecule has 2 fully saturated rings. The van der Waals surface area contributed by atoms with Crippen molar-refractivity contribution in [1.82, 2.24) is 14.8 Å². The zero-order valence-electron chi connectivity index (χ0n) is 16.9. The van der Waals surface area contributed by atoms with Gasteiger partial charge in [-0.25, -0.2) is 0 Å². The largest absolute Gasteiger partial charge is 0.378 e. The van der Waals surface area contributed by atoms with Gasteiger partial charge in [-0.15, -0.1) is 10.2 Å². The van der Waals surface area contributed by atoms with Gasteiger partial charge in [-0.05, 0) is 31.0 Å². The third-order valence-electron chi connectivity index (χ3n) is 5.11. The number of carbonyl (C=O) groups is 1. The molecule has 2 aliphatic heterocycles. The Hall–Kier alpha value is -2.32. The summed E-state index contributed by atoms with van der Waals surface area (Å²) in [7, 11) is 0. The van der Waals surface area contributed by atoms with E-state index in [1.807, 2.05) is 6.07 Å². The summed E-state index contributed by atoms with van der Waals surface area (Å²) in [6.07, 6.45) is 2.19. The van der Waals surface area contributed by atoms with Crippen LogP contribution in [0.4, 0.5) is 11.6 Å². The maximum absolute atomic E-state index is 12.5. The molecule has 1 atom stereocenters. The summed E-state index contributed by atoms with van der Waals surface area (Å²) in [5.41, 5.74) is 0.913. The van der Waals surface area contributed by atoms with Crippen LogP contribution >= 0.6 is 23.4 Å². The monoisotopic (exact) mass is 462 g/mol. The molecule has 2 aliphatic rings. The SMILES string of the molecule is N#Cc1ccc(NC(=O)CSc2nnc(N3CCOCC3)n2CC2CCCO2)cc1Cl. The number of anilines is 2. The lowest BCUT2D eigenvalue weighted by Gasteiger charge is -2.28. The highest BCUT2D eigenvalue weighted by Gasteiger charge is 2.25. The number of ether oxygens (including phenoxy) is 2. The van der Waals surface area contributed by atoms with Crippen molar-refractivity contribution in [3.05, 3.63) is 28.8 Å². The molecule has 0 spiro atoms. The number of hydrogen-bond acceptors (Lipinski definition) is 8. The van der Waals surface area contributed by atoms with Crippen LogP contribution in [0, 0.1) is 11.3 Å². The number of nitrogens with zero attached hydrogens (tertiary/aromatic N) is 5. The summed E-state index contributed by atoms with van der Waals surface area (Å²) in [5, 5.41) is 21.5. The van der Waals surface area contributed by atoms with Gasteiger partial charge in [0.25, 0.3) is 0 Å². The Kier molecular flexibility index (Phi) is 7.29. The first-order chi connectivity index (χ1) is 15.1. The van der Waals surface area contributed by atoms with E-state index in [0.717, 1.165) is 38.5 Å². The molecule has 2 saturated heterocycles. The fourth-order valence-electron chi connectivity index (χ4n) is 3.55. The molecule has 0 saturated carbocycles. The molecular weight excluding hydrogens is 440 g/mol. The van der Waals surface area contributed by atoms with E-state index in [2.05, 4.69) is 25.0 Å². The normalized spacial score (nSPS) is 18.7. The lowest BCUT2D eigenvalue weighted by molar-refractivity contribution is -0.113. The summed E-state index contributed by atoms with van der Waals surface area (Å²) in [5.74, 6) is 0.774. The Bertz CT molecular complexity index is 966. The Labute approximate surface area is 189 Å². The van der Waals surface area contributed by atoms with E-state index >= 15 is 0 Å². The van der Waals surface area contributed by atoms with Crippen LogP contribution in [0.5, 0.6) is 0 Å². The number of benzene rings is 1. The molecule has 0 aliphatic carbocycles. The fourth-order valence-corrected chi connectivity index (χ4v) is 4.51. The zero-order chi connectivity index (χ0) is 21.6. The van der Waals surface area contributed by atoms with Gasteiger partial charge in [0.1, 0.15) is 6.07 Å². The van der Waals surface area contributed by atoms with Crippen molar-refractivity contribution >= 4 is 40.9 Å². The first kappa shape index (κ1) is 21.9. The molecule has 1 aromatic carbocycles. The van der Waals surface area contributed by atoms with Crippen molar-refractivity contribution in [1.29, 1.82) is 5.26 Å². The zero-order valence-corrected chi connectivity index (χ0v) is 18.5. The topological polar surface area (TPSA) is 105 Å². The summed E-state index contributed by atoms with van der Waals surface area (Å²) in [6, 6.07) is 6.80. The van der Waals surface area contributed by atoms with Gasteiger partial charge in [0.05, 0.1) is 42.2 Å². The number of nitrogens with one attached hydrogen (secondary N) is 1. The van der Waals surface area contributed by atoms with Crippen molar-refractivity contribution in [2.24, 2.45) is 0 Å². The van der Waals surface area contributed by atoms with Gasteiger partial charge in [0.2, 0.25) is 11.9 Å². The second kappa shape index (κ2) is 10.3. The van der Waals surface area contributed by atoms with Gasteiger partial charge in [-0.2, -0.15) is 5.26 Å². The molecular formula is C20H23ClN6O3S. The smallest absolute Gasteiger partial charge is 0.234 e. The van der Waals surface area contributed by atoms with Crippen molar-refractivity contribution in [3.8, 4) is 6.07 Å². The lowest BCUT2D eigenvalue weighted by Crippen LogP contribution is -2.38. The number of hydrogen-bond donors (Lipinski definition) is 1. The third-order valence-corrected chi connectivity index (χ3v) is 6.39. The minimum Gasteiger partial charge on any atom is -0.378 e. The summed E-state index contributed by atoms with van der Waals surface area (Å²) in [4.78, 5) is 14.6. The molecule has 4 rings (SSSR count). The van der Waals surface area contributed by atoms with Crippen LogP contribution in [-0.4, -0.2) is 65.4 Å². The predicted octanol–water partition coefficient (Wildman–Crippen LogP) is 2.55. The van der Waals surface area contributed by atoms with Crippen LogP contribution < -0.4 is 10.2 Å². The van der Waals surface area contributed by atoms with Gasteiger partial charge < -0.3 is 19.7 Å². The maximum Gasteiger partial charge on any atom is 0.234 e. The summed E-state index contributed by atoms with van der Waals surface area (Å²) < 4.78 is 13.3. The van der Waals surface area contributed by atoms with Crippen molar-refractivity contribution in [2.45, 2.75) is 30.6 Å². The van der Waals surface area contributed by atoms with Gasteiger partial charge in [-0.3, -0.25) is 9.36 Å². The highest BCUT2D eigenvalue weighted by Crippen LogP contribution is 2.26. The Morgan fingerprint density at radius 3 is 2.87 bits per heavy atom. The molecule has 11 heteroatoms. The number of aromatic nitrogens is 3. The molecule has 0 radical (unpaired) electrons. The highest BCUT2D eigenvalue weighted by atomic mass is 35.5. The minimum atomic E-state index is -0.189. The Balaban J connectivity index is 1.43. The van der Waals surface area contributed by atoms with Crippen molar-refractivity contribution in [2.75, 3.05) is 48.9 Å². The minimum absolute atomic E-state index is 0.129. The van der Waals surface area contributed by atoms with E-state index in [-0.39, 0.29) is 17.8 Å². The number of carbonyl (C=O) groups excluding carboxylic acids is 1. The van der Waals surface area contributed by atoms with Crippen LogP contribution in [0.3, 0.4) is 0 Å². The van der Waals surface area contributed by atoms with E-state index in [4.69, 9.17) is 26.3 Å². The van der Waals surface area contributed by atoms with Crippen molar-refractivity contribution < 1.29 is 14.3 Å². The fraction of sp³-hybridized carbons (Fsp3) is 0.500. The maximum atomic E-state index is 12.5. The summed E-state index contributed by atoms with van der Waals surface area (Å²) >= 11 is 7.37. The second-order valence-corrected chi connectivity index (χ2v) is 8.62. The first-order valence-electron chi connectivity index (χ1n) is 10.1. The molecule has 0 bridgehead atoms. The van der Waals surface area contributed by atoms with Gasteiger partial charge >= 0.3 is 0 Å². The average molecular weight is 463 g/mol. The number of halogens is 1. The van der Waals surface area contributed by atoms with E-state index in [9.17, 15) is 4.79 Å². The number of nitriles is 1. The van der Waals surface area contributed by atoms with Gasteiger partial charge in [-0.1, -0.05) is 23.4 Å². The average Bonchev–Trinajstić information content (AvgIpc) is 3.43. The number of amides is 1. The molecule has 1 aromatic heterocycles. The number of rotatable bonds is 7. The molecule has 1 amide bonds. The molecule has 1 unspecified atom stereocenters. The van der Waals surface area contributed by atoms with Crippen LogP contribution in [0.15, 0.2) is 23.4 Å². The Morgan fingerprint density at radius 2 is 2.16 bits per heavy atom. The first-order valence-corrected chi connectivity index (χ1v) is 11.5. The number of morpholine rings is 1. The van der Waals surface area contributed by atoms with Gasteiger partial charge in [0.15, 0.2) is 5.16 Å². The third kappa shape index (κ3) is 5.49. The van der Waals surface area contributed by atoms with Crippen LogP contribution in [0.2, 0.25) is 5.02 Å². The highest BCUT2D eigenvalue weighted by molar-refractivity contribution is 7.99. The molecule has 9 nitrogen and oxygen atoms in total. The molecule has 164 valence electrons. The van der Waals surface area contributed by atoms with E-state index < -0.39 is 0 Å². The predicted molar refractivity (Wildman–Crippen MR) is 118 cm³/mol. The van der Waals surface area contributed by atoms with Crippen LogP contribution in [0.25, 0.3) is 0 Å². The van der Waals surface area contributed by atoms with E-state index in [1.54, 1.807) is 18.2 Å². The van der Waals surface area contributed by atoms with Crippen molar-refractivity contribution in [3.63, 3.8) is 0 Å². The second-order valence-electron chi connectivity index (χ2n) is 7.27. The Morgan fingerprint density at radius 1 is 1.32 bits per heavy atom. The quantitative estimate of drug-likeness (QED) is 0.626. The van der Waals surface area contributed by atoms with Crippen LogP contribution in [0.1, 0.15) is 18.4 Å². The van der Waals surface area contributed by atoms with E-state index in [0.29, 0.717) is 41.2 Å². The van der Waals surface area contributed by atoms with E-state index in [1.165, 1.54) is 11.8 Å². The van der Waals surface area contributed by atoms with Crippen LogP contribution in [-0.2, 0) is 20.8 Å². The molecule has 1 N–H and O–H groups in total. The standard InChI is InChI=1S/C20H23ClN6O3S/c21-17-10-15(4-3-14(17)11-22)23-18(28)13-31-20-25-24-19(26-5-8-29-9-6-26)27(20)12-16-2-1-7-30-16/h3-4,10,16H,1-2,5-9,12-13H2,(H,23,28). The molecule has 3 heterocycles. The van der Waals surface area contributed by atoms with Gasteiger partial charge in [0, 0.05) is 25.4 Å². The molecule has 31 heavy (non-hydrogen) atoms. The molecule has 2 aromatic rings.